The Kier molecular flexibility index (Phi) is 2.38. The molecule has 0 saturated heterocycles. The van der Waals surface area contributed by atoms with Crippen LogP contribution in [0.5, 0.6) is 0 Å². The van der Waals surface area contributed by atoms with Gasteiger partial charge in [-0.05, 0) is 18.2 Å². The highest BCUT2D eigenvalue weighted by Crippen LogP contribution is 2.21. The number of hydrogen-bond donors (Lipinski definition) is 2. The number of para-hydroxylation sites is 1. The number of anilines is 1. The van der Waals surface area contributed by atoms with Gasteiger partial charge in [0.1, 0.15) is 5.52 Å². The molecule has 3 rings (SSSR count). The molecule has 3 aromatic rings. The number of carboxylic acid groups (broad SMARTS) is 1. The highest BCUT2D eigenvalue weighted by atomic mass is 16.4. The van der Waals surface area contributed by atoms with Crippen LogP contribution in [0.3, 0.4) is 0 Å². The molecule has 0 amide bonds. The van der Waals surface area contributed by atoms with Crippen molar-refractivity contribution in [2.75, 3.05) is 5.73 Å². The molecule has 0 spiro atoms. The van der Waals surface area contributed by atoms with Crippen LogP contribution in [0.25, 0.3) is 16.9 Å². The Hall–Kier alpha value is -2.96. The molecule has 0 aliphatic heterocycles. The first-order valence-electron chi connectivity index (χ1n) is 5.47. The predicted molar refractivity (Wildman–Crippen MR) is 68.0 cm³/mol. The fraction of sp³-hybridized carbons (Fsp3) is 0. The molecule has 0 fully saturated rings. The number of nitrogens with two attached hydrogens (primary N) is 1. The summed E-state index contributed by atoms with van der Waals surface area (Å²) < 4.78 is 1.43. The number of carboxylic acids is 1. The van der Waals surface area contributed by atoms with E-state index in [-0.39, 0.29) is 17.1 Å². The van der Waals surface area contributed by atoms with Crippen molar-refractivity contribution in [1.29, 1.82) is 0 Å². The van der Waals surface area contributed by atoms with Gasteiger partial charge in [0.2, 0.25) is 0 Å². The van der Waals surface area contributed by atoms with E-state index in [1.54, 1.807) is 6.07 Å². The van der Waals surface area contributed by atoms with E-state index in [0.29, 0.717) is 11.0 Å². The monoisotopic (exact) mass is 255 g/mol. The Bertz CT molecular complexity index is 781. The maximum Gasteiger partial charge on any atom is 0.337 e. The van der Waals surface area contributed by atoms with E-state index in [9.17, 15) is 4.79 Å². The van der Waals surface area contributed by atoms with Gasteiger partial charge in [0.05, 0.1) is 16.8 Å². The van der Waals surface area contributed by atoms with E-state index in [1.165, 1.54) is 16.9 Å². The maximum absolute atomic E-state index is 11.1. The third-order valence-corrected chi connectivity index (χ3v) is 2.75. The molecular formula is C12H9N5O2. The molecule has 3 N–H and O–H groups in total. The molecule has 7 heteroatoms. The second-order valence-electron chi connectivity index (χ2n) is 3.89. The summed E-state index contributed by atoms with van der Waals surface area (Å²) in [5.41, 5.74) is 7.28. The molecule has 0 bridgehead atoms. The number of benzene rings is 1. The first-order chi connectivity index (χ1) is 9.18. The molecule has 2 aromatic heterocycles. The van der Waals surface area contributed by atoms with Gasteiger partial charge in [-0.15, -0.1) is 5.10 Å². The van der Waals surface area contributed by atoms with Gasteiger partial charge in [-0.3, -0.25) is 0 Å². The standard InChI is InChI=1S/C12H9N5O2/c13-10-7(12(18)19)5-6-14-11(10)17-9-4-2-1-3-8(9)15-16-17/h1-6H,13H2,(H,18,19). The smallest absolute Gasteiger partial charge is 0.337 e. The second kappa shape index (κ2) is 4.05. The minimum atomic E-state index is -1.11. The largest absolute Gasteiger partial charge is 0.478 e. The van der Waals surface area contributed by atoms with Crippen molar-refractivity contribution in [3.05, 3.63) is 42.1 Å². The summed E-state index contributed by atoms with van der Waals surface area (Å²) in [5.74, 6) is -0.848. The third kappa shape index (κ3) is 1.68. The normalized spacial score (nSPS) is 10.7. The molecular weight excluding hydrogens is 246 g/mol. The van der Waals surface area contributed by atoms with Crippen LogP contribution in [-0.4, -0.2) is 31.1 Å². The van der Waals surface area contributed by atoms with Crippen LogP contribution in [0, 0.1) is 0 Å². The summed E-state index contributed by atoms with van der Waals surface area (Å²) in [6.45, 7) is 0. The van der Waals surface area contributed by atoms with Crippen molar-refractivity contribution in [3.63, 3.8) is 0 Å². The van der Waals surface area contributed by atoms with Crippen LogP contribution in [-0.2, 0) is 0 Å². The molecule has 19 heavy (non-hydrogen) atoms. The Morgan fingerprint density at radius 3 is 2.84 bits per heavy atom. The van der Waals surface area contributed by atoms with Crippen molar-refractivity contribution < 1.29 is 9.90 Å². The van der Waals surface area contributed by atoms with Gasteiger partial charge >= 0.3 is 5.97 Å². The van der Waals surface area contributed by atoms with Gasteiger partial charge < -0.3 is 10.8 Å². The lowest BCUT2D eigenvalue weighted by Crippen LogP contribution is -2.10. The number of nitrogen functional groups attached to an aromatic ring is 1. The van der Waals surface area contributed by atoms with Gasteiger partial charge in [0.15, 0.2) is 5.82 Å². The van der Waals surface area contributed by atoms with E-state index in [0.717, 1.165) is 0 Å². The number of fused-ring (bicyclic) bond motifs is 1. The molecule has 0 unspecified atom stereocenters. The molecule has 1 aromatic carbocycles. The summed E-state index contributed by atoms with van der Waals surface area (Å²) in [6, 6.07) is 8.63. The number of carbonyl (C=O) groups is 1. The highest BCUT2D eigenvalue weighted by Gasteiger charge is 2.16. The minimum absolute atomic E-state index is 0.00965. The first kappa shape index (κ1) is 11.1. The van der Waals surface area contributed by atoms with Crippen LogP contribution in [0.15, 0.2) is 36.5 Å². The summed E-state index contributed by atoms with van der Waals surface area (Å²) in [7, 11) is 0. The van der Waals surface area contributed by atoms with Gasteiger partial charge in [-0.25, -0.2) is 9.78 Å². The van der Waals surface area contributed by atoms with E-state index < -0.39 is 5.97 Å². The van der Waals surface area contributed by atoms with Crippen molar-refractivity contribution in [3.8, 4) is 5.82 Å². The minimum Gasteiger partial charge on any atom is -0.478 e. The number of pyridine rings is 1. The van der Waals surface area contributed by atoms with E-state index >= 15 is 0 Å². The molecule has 0 radical (unpaired) electrons. The Morgan fingerprint density at radius 2 is 2.05 bits per heavy atom. The maximum atomic E-state index is 11.1. The van der Waals surface area contributed by atoms with Gasteiger partial charge in [-0.1, -0.05) is 17.3 Å². The summed E-state index contributed by atoms with van der Waals surface area (Å²) in [6.07, 6.45) is 1.38. The average molecular weight is 255 g/mol. The second-order valence-corrected chi connectivity index (χ2v) is 3.89. The quantitative estimate of drug-likeness (QED) is 0.710. The Morgan fingerprint density at radius 1 is 1.26 bits per heavy atom. The van der Waals surface area contributed by atoms with Crippen molar-refractivity contribution in [2.24, 2.45) is 0 Å². The fourth-order valence-corrected chi connectivity index (χ4v) is 1.84. The van der Waals surface area contributed by atoms with Gasteiger partial charge in [0, 0.05) is 6.20 Å². The number of aromatic nitrogens is 4. The Labute approximate surface area is 107 Å². The third-order valence-electron chi connectivity index (χ3n) is 2.75. The number of rotatable bonds is 2. The summed E-state index contributed by atoms with van der Waals surface area (Å²) in [4.78, 5) is 15.1. The molecule has 7 nitrogen and oxygen atoms in total. The summed E-state index contributed by atoms with van der Waals surface area (Å²) >= 11 is 0. The van der Waals surface area contributed by atoms with Gasteiger partial charge in [-0.2, -0.15) is 4.68 Å². The molecule has 2 heterocycles. The fourth-order valence-electron chi connectivity index (χ4n) is 1.84. The number of aromatic carboxylic acids is 1. The zero-order chi connectivity index (χ0) is 13.4. The molecule has 0 aliphatic rings. The lowest BCUT2D eigenvalue weighted by molar-refractivity contribution is 0.0698. The molecule has 0 atom stereocenters. The Balaban J connectivity index is 2.28. The van der Waals surface area contributed by atoms with Crippen LogP contribution in [0.4, 0.5) is 5.69 Å². The predicted octanol–water partition coefficient (Wildman–Crippen LogP) is 1.10. The van der Waals surface area contributed by atoms with E-state index in [2.05, 4.69) is 15.3 Å². The topological polar surface area (TPSA) is 107 Å². The van der Waals surface area contributed by atoms with Crippen molar-refractivity contribution in [2.45, 2.75) is 0 Å². The van der Waals surface area contributed by atoms with Crippen molar-refractivity contribution in [1.82, 2.24) is 20.0 Å². The van der Waals surface area contributed by atoms with Gasteiger partial charge in [0.25, 0.3) is 0 Å². The number of nitrogens with zero attached hydrogens (tertiary/aromatic N) is 4. The SMILES string of the molecule is Nc1c(C(=O)O)ccnc1-n1nnc2ccccc21. The highest BCUT2D eigenvalue weighted by molar-refractivity contribution is 5.95. The van der Waals surface area contributed by atoms with Crippen LogP contribution in [0.2, 0.25) is 0 Å². The van der Waals surface area contributed by atoms with Crippen LogP contribution in [0.1, 0.15) is 10.4 Å². The van der Waals surface area contributed by atoms with Crippen molar-refractivity contribution >= 4 is 22.7 Å². The van der Waals surface area contributed by atoms with E-state index in [1.807, 2.05) is 18.2 Å². The lowest BCUT2D eigenvalue weighted by atomic mass is 10.2. The lowest BCUT2D eigenvalue weighted by Gasteiger charge is -2.07. The summed E-state index contributed by atoms with van der Waals surface area (Å²) in [5, 5.41) is 17.0. The van der Waals surface area contributed by atoms with Crippen LogP contribution >= 0.6 is 0 Å². The average Bonchev–Trinajstić information content (AvgIpc) is 2.82. The molecule has 0 aliphatic carbocycles. The van der Waals surface area contributed by atoms with Crippen LogP contribution < -0.4 is 5.73 Å². The zero-order valence-corrected chi connectivity index (χ0v) is 9.69. The van der Waals surface area contributed by atoms with E-state index in [4.69, 9.17) is 10.8 Å². The first-order valence-corrected chi connectivity index (χ1v) is 5.47. The molecule has 0 saturated carbocycles. The zero-order valence-electron chi connectivity index (χ0n) is 9.69. The number of hydrogen-bond acceptors (Lipinski definition) is 5. The molecule has 94 valence electrons.